The molecule has 0 aliphatic heterocycles. The Balaban J connectivity index is 2.32. The van der Waals surface area contributed by atoms with Gasteiger partial charge in [-0.25, -0.2) is 9.59 Å². The van der Waals surface area contributed by atoms with Gasteiger partial charge in [0.2, 0.25) is 11.5 Å². The van der Waals surface area contributed by atoms with Gasteiger partial charge in [-0.2, -0.15) is 0 Å². The van der Waals surface area contributed by atoms with Crippen LogP contribution in [0.3, 0.4) is 0 Å². The zero-order valence-electron chi connectivity index (χ0n) is 12.3. The first kappa shape index (κ1) is 14.9. The third kappa shape index (κ3) is 2.69. The van der Waals surface area contributed by atoms with E-state index in [1.807, 2.05) is 13.8 Å². The molecular formula is C15H16O6. The Kier molecular flexibility index (Phi) is 3.88. The molecule has 0 aromatic carbocycles. The second-order valence-electron chi connectivity index (χ2n) is 4.94. The minimum absolute atomic E-state index is 0.111. The standard InChI is InChI=1S/C15H16O6/c1-15(2,11-7-5-9(20-11)13(16)18-3)12-8-6-10(21-12)14(17)19-4/h5-8H,1-4H3. The Labute approximate surface area is 121 Å². The summed E-state index contributed by atoms with van der Waals surface area (Å²) in [5.74, 6) is 0.168. The van der Waals surface area contributed by atoms with Gasteiger partial charge in [0.25, 0.3) is 0 Å². The van der Waals surface area contributed by atoms with Crippen molar-refractivity contribution in [2.24, 2.45) is 0 Å². The number of hydrogen-bond donors (Lipinski definition) is 0. The highest BCUT2D eigenvalue weighted by atomic mass is 16.5. The van der Waals surface area contributed by atoms with Gasteiger partial charge in [0, 0.05) is 0 Å². The van der Waals surface area contributed by atoms with Gasteiger partial charge in [0.05, 0.1) is 19.6 Å². The smallest absolute Gasteiger partial charge is 0.373 e. The van der Waals surface area contributed by atoms with Gasteiger partial charge in [0.1, 0.15) is 11.5 Å². The van der Waals surface area contributed by atoms with Crippen molar-refractivity contribution in [2.75, 3.05) is 14.2 Å². The van der Waals surface area contributed by atoms with Crippen molar-refractivity contribution in [1.29, 1.82) is 0 Å². The van der Waals surface area contributed by atoms with Gasteiger partial charge in [-0.1, -0.05) is 0 Å². The molecule has 0 radical (unpaired) electrons. The van der Waals surface area contributed by atoms with Crippen molar-refractivity contribution in [3.8, 4) is 0 Å². The van der Waals surface area contributed by atoms with Crippen molar-refractivity contribution >= 4 is 11.9 Å². The van der Waals surface area contributed by atoms with Crippen molar-refractivity contribution in [3.05, 3.63) is 47.3 Å². The second kappa shape index (κ2) is 5.47. The van der Waals surface area contributed by atoms with E-state index in [0.29, 0.717) is 11.5 Å². The number of hydrogen-bond acceptors (Lipinski definition) is 6. The van der Waals surface area contributed by atoms with Crippen LogP contribution in [0.4, 0.5) is 0 Å². The molecule has 2 rings (SSSR count). The number of rotatable bonds is 4. The Morgan fingerprint density at radius 3 is 1.57 bits per heavy atom. The van der Waals surface area contributed by atoms with Gasteiger partial charge in [-0.3, -0.25) is 0 Å². The van der Waals surface area contributed by atoms with Crippen molar-refractivity contribution in [3.63, 3.8) is 0 Å². The van der Waals surface area contributed by atoms with E-state index in [-0.39, 0.29) is 11.5 Å². The van der Waals surface area contributed by atoms with E-state index in [0.717, 1.165) is 0 Å². The number of carbonyl (C=O) groups excluding carboxylic acids is 2. The van der Waals surface area contributed by atoms with E-state index in [2.05, 4.69) is 9.47 Å². The molecule has 0 unspecified atom stereocenters. The lowest BCUT2D eigenvalue weighted by Crippen LogP contribution is -2.17. The van der Waals surface area contributed by atoms with Crippen molar-refractivity contribution in [2.45, 2.75) is 19.3 Å². The maximum Gasteiger partial charge on any atom is 0.373 e. The summed E-state index contributed by atoms with van der Waals surface area (Å²) in [6.45, 7) is 3.71. The SMILES string of the molecule is COC(=O)c1ccc(C(C)(C)c2ccc(C(=O)OC)o2)o1. The molecule has 0 bridgehead atoms. The fourth-order valence-corrected chi connectivity index (χ4v) is 1.89. The molecule has 0 atom stereocenters. The summed E-state index contributed by atoms with van der Waals surface area (Å²) in [6, 6.07) is 6.42. The molecule has 0 spiro atoms. The molecule has 21 heavy (non-hydrogen) atoms. The third-order valence-electron chi connectivity index (χ3n) is 3.22. The lowest BCUT2D eigenvalue weighted by atomic mass is 9.87. The summed E-state index contributed by atoms with van der Waals surface area (Å²) in [5, 5.41) is 0. The van der Waals surface area contributed by atoms with Crippen LogP contribution in [0.1, 0.15) is 46.5 Å². The van der Waals surface area contributed by atoms with Crippen LogP contribution in [0.5, 0.6) is 0 Å². The minimum Gasteiger partial charge on any atom is -0.463 e. The van der Waals surface area contributed by atoms with E-state index in [4.69, 9.17) is 8.83 Å². The molecule has 112 valence electrons. The maximum atomic E-state index is 11.4. The summed E-state index contributed by atoms with van der Waals surface area (Å²) in [6.07, 6.45) is 0. The van der Waals surface area contributed by atoms with Crippen LogP contribution in [-0.2, 0) is 14.9 Å². The number of ether oxygens (including phenoxy) is 2. The van der Waals surface area contributed by atoms with Crippen LogP contribution in [0.15, 0.2) is 33.1 Å². The van der Waals surface area contributed by atoms with Crippen LogP contribution in [0.25, 0.3) is 0 Å². The topological polar surface area (TPSA) is 78.9 Å². The lowest BCUT2D eigenvalue weighted by Gasteiger charge is -2.19. The summed E-state index contributed by atoms with van der Waals surface area (Å²) in [4.78, 5) is 22.8. The molecule has 2 aromatic rings. The molecule has 2 heterocycles. The average molecular weight is 292 g/mol. The van der Waals surface area contributed by atoms with E-state index in [1.54, 1.807) is 12.1 Å². The van der Waals surface area contributed by atoms with Crippen LogP contribution in [0.2, 0.25) is 0 Å². The maximum absolute atomic E-state index is 11.4. The Morgan fingerprint density at radius 2 is 1.24 bits per heavy atom. The van der Waals surface area contributed by atoms with Crippen molar-refractivity contribution in [1.82, 2.24) is 0 Å². The molecule has 0 saturated carbocycles. The predicted octanol–water partition coefficient (Wildman–Crippen LogP) is 2.77. The lowest BCUT2D eigenvalue weighted by molar-refractivity contribution is 0.0558. The average Bonchev–Trinajstić information content (AvgIpc) is 3.14. The first-order valence-electron chi connectivity index (χ1n) is 6.27. The molecule has 2 aromatic heterocycles. The van der Waals surface area contributed by atoms with Gasteiger partial charge in [-0.05, 0) is 38.1 Å². The highest BCUT2D eigenvalue weighted by Gasteiger charge is 2.32. The van der Waals surface area contributed by atoms with Gasteiger partial charge in [0.15, 0.2) is 0 Å². The van der Waals surface area contributed by atoms with Crippen LogP contribution in [0, 0.1) is 0 Å². The Morgan fingerprint density at radius 1 is 0.857 bits per heavy atom. The van der Waals surface area contributed by atoms with Crippen LogP contribution in [-0.4, -0.2) is 26.2 Å². The molecule has 0 N–H and O–H groups in total. The molecule has 0 saturated heterocycles. The molecule has 0 amide bonds. The van der Waals surface area contributed by atoms with Crippen LogP contribution < -0.4 is 0 Å². The largest absolute Gasteiger partial charge is 0.463 e. The van der Waals surface area contributed by atoms with E-state index >= 15 is 0 Å². The van der Waals surface area contributed by atoms with Crippen LogP contribution >= 0.6 is 0 Å². The van der Waals surface area contributed by atoms with Gasteiger partial charge >= 0.3 is 11.9 Å². The first-order valence-corrected chi connectivity index (χ1v) is 6.27. The normalized spacial score (nSPS) is 11.2. The third-order valence-corrected chi connectivity index (χ3v) is 3.22. The molecule has 0 aliphatic carbocycles. The predicted molar refractivity (Wildman–Crippen MR) is 72.2 cm³/mol. The summed E-state index contributed by atoms with van der Waals surface area (Å²) >= 11 is 0. The number of furan rings is 2. The second-order valence-corrected chi connectivity index (χ2v) is 4.94. The van der Waals surface area contributed by atoms with Crippen molar-refractivity contribution < 1.29 is 27.9 Å². The fraction of sp³-hybridized carbons (Fsp3) is 0.333. The molecule has 6 nitrogen and oxygen atoms in total. The molecular weight excluding hydrogens is 276 g/mol. The van der Waals surface area contributed by atoms with E-state index in [1.165, 1.54) is 26.4 Å². The quantitative estimate of drug-likeness (QED) is 0.806. The van der Waals surface area contributed by atoms with E-state index in [9.17, 15) is 9.59 Å². The van der Waals surface area contributed by atoms with Gasteiger partial charge < -0.3 is 18.3 Å². The zero-order chi connectivity index (χ0) is 15.6. The Bertz CT molecular complexity index is 605. The molecule has 0 aliphatic rings. The number of carbonyl (C=O) groups is 2. The highest BCUT2D eigenvalue weighted by Crippen LogP contribution is 2.34. The zero-order valence-corrected chi connectivity index (χ0v) is 12.3. The molecule has 6 heteroatoms. The monoisotopic (exact) mass is 292 g/mol. The summed E-state index contributed by atoms with van der Waals surface area (Å²) in [7, 11) is 2.57. The summed E-state index contributed by atoms with van der Waals surface area (Å²) in [5.41, 5.74) is -0.654. The summed E-state index contributed by atoms with van der Waals surface area (Å²) < 4.78 is 20.2. The number of methoxy groups -OCH3 is 2. The first-order chi connectivity index (χ1) is 9.90. The molecule has 0 fully saturated rings. The highest BCUT2D eigenvalue weighted by molar-refractivity contribution is 5.86. The van der Waals surface area contributed by atoms with E-state index < -0.39 is 17.4 Å². The van der Waals surface area contributed by atoms with Gasteiger partial charge in [-0.15, -0.1) is 0 Å². The number of esters is 2. The Hall–Kier alpha value is -2.50. The minimum atomic E-state index is -0.654. The fourth-order valence-electron chi connectivity index (χ4n) is 1.89.